The van der Waals surface area contributed by atoms with Crippen LogP contribution in [0.4, 0.5) is 5.69 Å². The number of anilines is 1. The third-order valence-electron chi connectivity index (χ3n) is 5.65. The number of fused-ring (bicyclic) bond motifs is 1. The lowest BCUT2D eigenvalue weighted by molar-refractivity contribution is -0.113. The van der Waals surface area contributed by atoms with Crippen LogP contribution in [0.2, 0.25) is 0 Å². The minimum absolute atomic E-state index is 0.0839. The summed E-state index contributed by atoms with van der Waals surface area (Å²) in [7, 11) is 0. The molecule has 1 N–H and O–H groups in total. The summed E-state index contributed by atoms with van der Waals surface area (Å²) < 4.78 is 1.63. The largest absolute Gasteiger partial charge is 0.325 e. The number of aromatic nitrogens is 2. The highest BCUT2D eigenvalue weighted by Gasteiger charge is 2.19. The Kier molecular flexibility index (Phi) is 7.00. The summed E-state index contributed by atoms with van der Waals surface area (Å²) >= 11 is 2.86. The molecule has 0 unspecified atom stereocenters. The summed E-state index contributed by atoms with van der Waals surface area (Å²) in [5.74, 6) is 0.0235. The van der Waals surface area contributed by atoms with E-state index in [4.69, 9.17) is 4.98 Å². The smallest absolute Gasteiger partial charge is 0.267 e. The fraction of sp³-hybridized carbons (Fsp3) is 0.269. The maximum atomic E-state index is 13.6. The Morgan fingerprint density at radius 2 is 1.85 bits per heavy atom. The van der Waals surface area contributed by atoms with Gasteiger partial charge < -0.3 is 5.32 Å². The fourth-order valence-electron chi connectivity index (χ4n) is 3.72. The molecule has 0 radical (unpaired) electrons. The Balaban J connectivity index is 1.69. The van der Waals surface area contributed by atoms with E-state index in [1.807, 2.05) is 69.3 Å². The Labute approximate surface area is 201 Å². The lowest BCUT2D eigenvalue weighted by Crippen LogP contribution is -2.22. The van der Waals surface area contributed by atoms with Gasteiger partial charge >= 0.3 is 0 Å². The van der Waals surface area contributed by atoms with E-state index in [-0.39, 0.29) is 17.2 Å². The van der Waals surface area contributed by atoms with Crippen LogP contribution in [0.3, 0.4) is 0 Å². The van der Waals surface area contributed by atoms with E-state index in [0.29, 0.717) is 10.5 Å². The van der Waals surface area contributed by atoms with Crippen LogP contribution in [0.1, 0.15) is 34.9 Å². The highest BCUT2D eigenvalue weighted by molar-refractivity contribution is 7.99. The van der Waals surface area contributed by atoms with E-state index in [1.165, 1.54) is 22.2 Å². The molecule has 170 valence electrons. The van der Waals surface area contributed by atoms with Crippen molar-refractivity contribution in [3.63, 3.8) is 0 Å². The second-order valence-corrected chi connectivity index (χ2v) is 10.1. The number of hydrogen-bond donors (Lipinski definition) is 1. The van der Waals surface area contributed by atoms with Gasteiger partial charge in [0.25, 0.3) is 5.56 Å². The molecule has 0 fully saturated rings. The van der Waals surface area contributed by atoms with Crippen molar-refractivity contribution in [2.75, 3.05) is 11.1 Å². The van der Waals surface area contributed by atoms with Gasteiger partial charge in [-0.05, 0) is 68.1 Å². The SMILES string of the molecule is CCCc1sc2nc(SCC(=O)Nc3ccc(C)c(C)c3)n(-c3ccccc3)c(=O)c2c1C. The van der Waals surface area contributed by atoms with Gasteiger partial charge in [0.2, 0.25) is 5.91 Å². The molecule has 0 aliphatic rings. The van der Waals surface area contributed by atoms with Gasteiger partial charge in [-0.1, -0.05) is 49.4 Å². The molecule has 1 amide bonds. The van der Waals surface area contributed by atoms with Crippen LogP contribution < -0.4 is 10.9 Å². The molecule has 0 saturated carbocycles. The van der Waals surface area contributed by atoms with Crippen molar-refractivity contribution in [2.24, 2.45) is 0 Å². The van der Waals surface area contributed by atoms with E-state index in [2.05, 4.69) is 12.2 Å². The van der Waals surface area contributed by atoms with Gasteiger partial charge in [-0.25, -0.2) is 4.98 Å². The molecule has 2 aromatic heterocycles. The third-order valence-corrected chi connectivity index (χ3v) is 7.83. The maximum absolute atomic E-state index is 13.6. The molecule has 0 aliphatic heterocycles. The third kappa shape index (κ3) is 4.89. The number of carbonyl (C=O) groups is 1. The number of thioether (sulfide) groups is 1. The summed E-state index contributed by atoms with van der Waals surface area (Å²) in [6.07, 6.45) is 1.94. The molecular weight excluding hydrogens is 450 g/mol. The van der Waals surface area contributed by atoms with Crippen molar-refractivity contribution in [3.05, 3.63) is 80.5 Å². The zero-order valence-electron chi connectivity index (χ0n) is 19.3. The van der Waals surface area contributed by atoms with E-state index in [9.17, 15) is 9.59 Å². The average molecular weight is 478 g/mol. The number of rotatable bonds is 7. The van der Waals surface area contributed by atoms with E-state index in [1.54, 1.807) is 15.9 Å². The predicted molar refractivity (Wildman–Crippen MR) is 139 cm³/mol. The topological polar surface area (TPSA) is 64.0 Å². The normalized spacial score (nSPS) is 11.2. The first-order valence-electron chi connectivity index (χ1n) is 11.0. The van der Waals surface area contributed by atoms with E-state index < -0.39 is 0 Å². The molecule has 33 heavy (non-hydrogen) atoms. The minimum atomic E-state index is -0.133. The molecule has 4 aromatic rings. The van der Waals surface area contributed by atoms with Crippen LogP contribution in [0.25, 0.3) is 15.9 Å². The molecule has 2 aromatic carbocycles. The number of hydrogen-bond acceptors (Lipinski definition) is 5. The molecule has 0 spiro atoms. The van der Waals surface area contributed by atoms with Gasteiger partial charge in [-0.15, -0.1) is 11.3 Å². The first kappa shape index (κ1) is 23.3. The van der Waals surface area contributed by atoms with Gasteiger partial charge in [0.15, 0.2) is 5.16 Å². The number of amides is 1. The lowest BCUT2D eigenvalue weighted by atomic mass is 10.1. The number of aryl methyl sites for hydroxylation is 4. The summed E-state index contributed by atoms with van der Waals surface area (Å²) in [5.41, 5.74) is 4.76. The number of nitrogens with zero attached hydrogens (tertiary/aromatic N) is 2. The number of benzene rings is 2. The highest BCUT2D eigenvalue weighted by Crippen LogP contribution is 2.31. The molecular formula is C26H27N3O2S2. The van der Waals surface area contributed by atoms with E-state index >= 15 is 0 Å². The molecule has 2 heterocycles. The minimum Gasteiger partial charge on any atom is -0.325 e. The standard InChI is InChI=1S/C26H27N3O2S2/c1-5-9-21-18(4)23-24(33-21)28-26(29(25(23)31)20-10-7-6-8-11-20)32-15-22(30)27-19-13-12-16(2)17(3)14-19/h6-8,10-14H,5,9,15H2,1-4H3,(H,27,30). The van der Waals surface area contributed by atoms with Gasteiger partial charge in [0.1, 0.15) is 4.83 Å². The molecule has 4 rings (SSSR count). The molecule has 0 saturated heterocycles. The summed E-state index contributed by atoms with van der Waals surface area (Å²) in [6, 6.07) is 15.4. The second-order valence-electron chi connectivity index (χ2n) is 8.09. The molecule has 0 bridgehead atoms. The quantitative estimate of drug-likeness (QED) is 0.260. The summed E-state index contributed by atoms with van der Waals surface area (Å²) in [6.45, 7) is 8.20. The van der Waals surface area contributed by atoms with Gasteiger partial charge in [-0.3, -0.25) is 14.2 Å². The van der Waals surface area contributed by atoms with Crippen molar-refractivity contribution >= 4 is 44.9 Å². The van der Waals surface area contributed by atoms with Gasteiger partial charge in [0, 0.05) is 10.6 Å². The van der Waals surface area contributed by atoms with Gasteiger partial charge in [0.05, 0.1) is 16.8 Å². The van der Waals surface area contributed by atoms with Crippen molar-refractivity contribution in [1.82, 2.24) is 9.55 Å². The van der Waals surface area contributed by atoms with Gasteiger partial charge in [-0.2, -0.15) is 0 Å². The average Bonchev–Trinajstić information content (AvgIpc) is 3.11. The van der Waals surface area contributed by atoms with Crippen LogP contribution in [0, 0.1) is 20.8 Å². The lowest BCUT2D eigenvalue weighted by Gasteiger charge is -2.12. The predicted octanol–water partition coefficient (Wildman–Crippen LogP) is 6.06. The van der Waals surface area contributed by atoms with E-state index in [0.717, 1.165) is 40.2 Å². The zero-order chi connectivity index (χ0) is 23.5. The molecule has 5 nitrogen and oxygen atoms in total. The van der Waals surface area contributed by atoms with Crippen LogP contribution in [0.5, 0.6) is 0 Å². The van der Waals surface area contributed by atoms with Crippen molar-refractivity contribution < 1.29 is 4.79 Å². The number of para-hydroxylation sites is 1. The Morgan fingerprint density at radius 1 is 1.09 bits per heavy atom. The first-order valence-corrected chi connectivity index (χ1v) is 12.8. The molecule has 7 heteroatoms. The first-order chi connectivity index (χ1) is 15.9. The Hall–Kier alpha value is -2.90. The highest BCUT2D eigenvalue weighted by atomic mass is 32.2. The summed E-state index contributed by atoms with van der Waals surface area (Å²) in [5, 5.41) is 4.15. The maximum Gasteiger partial charge on any atom is 0.267 e. The monoisotopic (exact) mass is 477 g/mol. The zero-order valence-corrected chi connectivity index (χ0v) is 20.9. The van der Waals surface area contributed by atoms with Crippen molar-refractivity contribution in [2.45, 2.75) is 45.7 Å². The molecule has 0 aliphatic carbocycles. The number of thiophene rings is 1. The van der Waals surface area contributed by atoms with Crippen LogP contribution in [-0.4, -0.2) is 21.2 Å². The van der Waals surface area contributed by atoms with Crippen molar-refractivity contribution in [1.29, 1.82) is 0 Å². The number of carbonyl (C=O) groups excluding carboxylic acids is 1. The Bertz CT molecular complexity index is 1370. The fourth-order valence-corrected chi connectivity index (χ4v) is 5.86. The molecule has 0 atom stereocenters. The summed E-state index contributed by atoms with van der Waals surface area (Å²) in [4.78, 5) is 33.1. The van der Waals surface area contributed by atoms with Crippen molar-refractivity contribution in [3.8, 4) is 5.69 Å². The second kappa shape index (κ2) is 9.93. The Morgan fingerprint density at radius 3 is 2.55 bits per heavy atom. The van der Waals surface area contributed by atoms with Crippen LogP contribution in [0.15, 0.2) is 58.5 Å². The van der Waals surface area contributed by atoms with Crippen LogP contribution in [-0.2, 0) is 11.2 Å². The van der Waals surface area contributed by atoms with Crippen LogP contribution >= 0.6 is 23.1 Å². The number of nitrogens with one attached hydrogen (secondary N) is 1.